The minimum Gasteiger partial charge on any atom is -0.489 e. The molecule has 0 atom stereocenters. The highest BCUT2D eigenvalue weighted by Gasteiger charge is 2.20. The molecule has 2 heterocycles. The van der Waals surface area contributed by atoms with E-state index in [0.717, 1.165) is 22.9 Å². The number of thiazole rings is 1. The summed E-state index contributed by atoms with van der Waals surface area (Å²) in [6.45, 7) is 5.36. The lowest BCUT2D eigenvalue weighted by Crippen LogP contribution is -2.20. The molecule has 0 spiro atoms. The number of hydrogen-bond donors (Lipinski definition) is 1. The zero-order valence-corrected chi connectivity index (χ0v) is 12.3. The van der Waals surface area contributed by atoms with Crippen LogP contribution < -0.4 is 10.1 Å². The van der Waals surface area contributed by atoms with Gasteiger partial charge in [-0.15, -0.1) is 11.3 Å². The number of anilines is 1. The third kappa shape index (κ3) is 2.41. The molecule has 1 aromatic carbocycles. The van der Waals surface area contributed by atoms with Crippen molar-refractivity contribution in [2.24, 2.45) is 0 Å². The van der Waals surface area contributed by atoms with Gasteiger partial charge in [-0.1, -0.05) is 6.07 Å². The van der Waals surface area contributed by atoms with Crippen molar-refractivity contribution in [2.45, 2.75) is 20.3 Å². The third-order valence-corrected chi connectivity index (χ3v) is 4.44. The molecule has 0 aliphatic carbocycles. The van der Waals surface area contributed by atoms with E-state index < -0.39 is 0 Å². The van der Waals surface area contributed by atoms with E-state index in [4.69, 9.17) is 4.74 Å². The number of hydrogen-bond acceptors (Lipinski definition) is 5. The van der Waals surface area contributed by atoms with Crippen LogP contribution in [-0.2, 0) is 6.42 Å². The van der Waals surface area contributed by atoms with Crippen LogP contribution in [0, 0.1) is 13.8 Å². The van der Waals surface area contributed by atoms with Crippen LogP contribution in [0.4, 0.5) is 5.69 Å². The average Bonchev–Trinajstić information content (AvgIpc) is 2.76. The highest BCUT2D eigenvalue weighted by atomic mass is 32.1. The Hall–Kier alpha value is -1.88. The molecule has 0 amide bonds. The number of rotatable bonds is 3. The van der Waals surface area contributed by atoms with Crippen molar-refractivity contribution >= 4 is 22.8 Å². The highest BCUT2D eigenvalue weighted by Crippen LogP contribution is 2.32. The molecule has 4 nitrogen and oxygen atoms in total. The van der Waals surface area contributed by atoms with Gasteiger partial charge in [-0.25, -0.2) is 4.98 Å². The van der Waals surface area contributed by atoms with E-state index >= 15 is 0 Å². The fourth-order valence-corrected chi connectivity index (χ4v) is 3.17. The van der Waals surface area contributed by atoms with E-state index in [2.05, 4.69) is 10.3 Å². The van der Waals surface area contributed by atoms with Gasteiger partial charge in [-0.05, 0) is 26.0 Å². The summed E-state index contributed by atoms with van der Waals surface area (Å²) in [5.74, 6) is 0.730. The number of nitrogens with zero attached hydrogens (tertiary/aromatic N) is 1. The van der Waals surface area contributed by atoms with Gasteiger partial charge in [0.1, 0.15) is 11.6 Å². The van der Waals surface area contributed by atoms with Crippen LogP contribution in [-0.4, -0.2) is 23.9 Å². The number of fused-ring (bicyclic) bond motifs is 1. The summed E-state index contributed by atoms with van der Waals surface area (Å²) in [6, 6.07) is 5.64. The van der Waals surface area contributed by atoms with E-state index in [1.165, 1.54) is 4.88 Å². The Kier molecular flexibility index (Phi) is 3.44. The molecule has 1 aromatic heterocycles. The molecule has 0 radical (unpaired) electrons. The van der Waals surface area contributed by atoms with Gasteiger partial charge in [-0.3, -0.25) is 4.79 Å². The molecular weight excluding hydrogens is 272 g/mol. The van der Waals surface area contributed by atoms with Crippen molar-refractivity contribution in [3.05, 3.63) is 39.3 Å². The molecule has 20 heavy (non-hydrogen) atoms. The minimum absolute atomic E-state index is 0.0549. The van der Waals surface area contributed by atoms with Gasteiger partial charge < -0.3 is 10.1 Å². The Morgan fingerprint density at radius 2 is 2.30 bits per heavy atom. The molecular formula is C15H16N2O2S. The summed E-state index contributed by atoms with van der Waals surface area (Å²) < 4.78 is 5.64. The fourth-order valence-electron chi connectivity index (χ4n) is 2.24. The van der Waals surface area contributed by atoms with Crippen molar-refractivity contribution in [1.82, 2.24) is 4.98 Å². The SMILES string of the molecule is Cc1nc(CC(=O)c2cccc3c2OCCN3)sc1C. The maximum atomic E-state index is 12.5. The standard InChI is InChI=1S/C15H16N2O2S/c1-9-10(2)20-14(17-9)8-13(18)11-4-3-5-12-15(11)19-7-6-16-12/h3-5,16H,6-8H2,1-2H3. The summed E-state index contributed by atoms with van der Waals surface area (Å²) in [4.78, 5) is 18.1. The zero-order chi connectivity index (χ0) is 14.1. The largest absolute Gasteiger partial charge is 0.489 e. The summed E-state index contributed by atoms with van der Waals surface area (Å²) in [5.41, 5.74) is 2.54. The third-order valence-electron chi connectivity index (χ3n) is 3.36. The second kappa shape index (κ2) is 5.25. The molecule has 0 bridgehead atoms. The summed E-state index contributed by atoms with van der Waals surface area (Å²) in [5, 5.41) is 4.11. The molecule has 1 N–H and O–H groups in total. The van der Waals surface area contributed by atoms with Crippen LogP contribution in [0.15, 0.2) is 18.2 Å². The first kappa shape index (κ1) is 13.1. The summed E-state index contributed by atoms with van der Waals surface area (Å²) in [7, 11) is 0. The Labute approximate surface area is 121 Å². The summed E-state index contributed by atoms with van der Waals surface area (Å²) in [6.07, 6.45) is 0.332. The molecule has 0 fully saturated rings. The van der Waals surface area contributed by atoms with Crippen LogP contribution in [0.3, 0.4) is 0 Å². The number of nitrogens with one attached hydrogen (secondary N) is 1. The smallest absolute Gasteiger partial charge is 0.173 e. The number of carbonyl (C=O) groups excluding carboxylic acids is 1. The number of Topliss-reactive ketones (excluding diaryl/α,β-unsaturated/α-hetero) is 1. The van der Waals surface area contributed by atoms with E-state index in [1.807, 2.05) is 32.0 Å². The topological polar surface area (TPSA) is 51.2 Å². The minimum atomic E-state index is 0.0549. The number of ketones is 1. The highest BCUT2D eigenvalue weighted by molar-refractivity contribution is 7.11. The molecule has 0 saturated carbocycles. The maximum Gasteiger partial charge on any atom is 0.173 e. The first-order chi connectivity index (χ1) is 9.65. The maximum absolute atomic E-state index is 12.5. The van der Waals surface area contributed by atoms with Crippen molar-refractivity contribution < 1.29 is 9.53 Å². The molecule has 104 valence electrons. The summed E-state index contributed by atoms with van der Waals surface area (Å²) >= 11 is 1.59. The number of benzene rings is 1. The average molecular weight is 288 g/mol. The van der Waals surface area contributed by atoms with E-state index in [0.29, 0.717) is 24.3 Å². The zero-order valence-electron chi connectivity index (χ0n) is 11.5. The second-order valence-electron chi connectivity index (χ2n) is 4.81. The number of aryl methyl sites for hydroxylation is 2. The van der Waals surface area contributed by atoms with Crippen molar-refractivity contribution in [1.29, 1.82) is 0 Å². The normalized spacial score (nSPS) is 13.3. The lowest BCUT2D eigenvalue weighted by Gasteiger charge is -2.21. The van der Waals surface area contributed by atoms with Crippen LogP contribution in [0.25, 0.3) is 0 Å². The molecule has 0 saturated heterocycles. The number of aromatic nitrogens is 1. The molecule has 1 aliphatic rings. The van der Waals surface area contributed by atoms with Crippen LogP contribution in [0.1, 0.15) is 25.9 Å². The van der Waals surface area contributed by atoms with Gasteiger partial charge in [-0.2, -0.15) is 0 Å². The molecule has 1 aliphatic heterocycles. The van der Waals surface area contributed by atoms with E-state index in [1.54, 1.807) is 11.3 Å². The first-order valence-electron chi connectivity index (χ1n) is 6.61. The van der Waals surface area contributed by atoms with E-state index in [9.17, 15) is 4.79 Å². The Bertz CT molecular complexity index is 644. The quantitative estimate of drug-likeness (QED) is 0.882. The fraction of sp³-hybridized carbons (Fsp3) is 0.333. The predicted molar refractivity (Wildman–Crippen MR) is 80.0 cm³/mol. The number of carbonyl (C=O) groups is 1. The molecule has 3 rings (SSSR count). The van der Waals surface area contributed by atoms with Crippen molar-refractivity contribution in [3.63, 3.8) is 0 Å². The van der Waals surface area contributed by atoms with E-state index in [-0.39, 0.29) is 5.78 Å². The second-order valence-corrected chi connectivity index (χ2v) is 6.09. The van der Waals surface area contributed by atoms with Gasteiger partial charge in [0.2, 0.25) is 0 Å². The van der Waals surface area contributed by atoms with Gasteiger partial charge in [0.15, 0.2) is 11.5 Å². The van der Waals surface area contributed by atoms with Crippen molar-refractivity contribution in [3.8, 4) is 5.75 Å². The number of para-hydroxylation sites is 1. The van der Waals surface area contributed by atoms with Gasteiger partial charge in [0.25, 0.3) is 0 Å². The Morgan fingerprint density at radius 1 is 1.45 bits per heavy atom. The van der Waals surface area contributed by atoms with Gasteiger partial charge in [0, 0.05) is 11.4 Å². The Morgan fingerprint density at radius 3 is 3.05 bits per heavy atom. The monoisotopic (exact) mass is 288 g/mol. The van der Waals surface area contributed by atoms with Crippen molar-refractivity contribution in [2.75, 3.05) is 18.5 Å². The van der Waals surface area contributed by atoms with Crippen LogP contribution in [0.2, 0.25) is 0 Å². The van der Waals surface area contributed by atoms with Gasteiger partial charge in [0.05, 0.1) is 23.4 Å². The van der Waals surface area contributed by atoms with Crippen LogP contribution in [0.5, 0.6) is 5.75 Å². The van der Waals surface area contributed by atoms with Gasteiger partial charge >= 0.3 is 0 Å². The lowest BCUT2D eigenvalue weighted by molar-refractivity contribution is 0.0989. The first-order valence-corrected chi connectivity index (χ1v) is 7.42. The lowest BCUT2D eigenvalue weighted by atomic mass is 10.1. The van der Waals surface area contributed by atoms with Crippen LogP contribution >= 0.6 is 11.3 Å². The number of ether oxygens (including phenoxy) is 1. The molecule has 0 unspecified atom stereocenters. The molecule has 5 heteroatoms. The predicted octanol–water partition coefficient (Wildman–Crippen LogP) is 2.99. The Balaban J connectivity index is 1.87. The molecule has 2 aromatic rings.